The quantitative estimate of drug-likeness (QED) is 0.501. The molecule has 0 spiro atoms. The molecule has 0 aliphatic carbocycles. The summed E-state index contributed by atoms with van der Waals surface area (Å²) in [5.74, 6) is 0.161. The molecule has 1 aliphatic heterocycles. The maximum Gasteiger partial charge on any atom is 0.279 e. The highest BCUT2D eigenvalue weighted by Crippen LogP contribution is 2.26. The van der Waals surface area contributed by atoms with E-state index in [-0.39, 0.29) is 10.8 Å². The number of nitrogens with zero attached hydrogens (tertiary/aromatic N) is 3. The van der Waals surface area contributed by atoms with Crippen molar-refractivity contribution in [2.75, 3.05) is 13.1 Å². The highest BCUT2D eigenvalue weighted by atomic mass is 79.9. The van der Waals surface area contributed by atoms with Crippen molar-refractivity contribution < 1.29 is 13.2 Å². The van der Waals surface area contributed by atoms with Crippen LogP contribution in [0.25, 0.3) is 10.2 Å². The average Bonchev–Trinajstić information content (AvgIpc) is 3.12. The van der Waals surface area contributed by atoms with E-state index >= 15 is 0 Å². The minimum absolute atomic E-state index is 0.216. The van der Waals surface area contributed by atoms with Gasteiger partial charge in [-0.3, -0.25) is 4.79 Å². The normalized spacial score (nSPS) is 16.8. The van der Waals surface area contributed by atoms with Crippen molar-refractivity contribution in [1.29, 1.82) is 0 Å². The average molecular weight is 522 g/mol. The number of piperidine rings is 1. The summed E-state index contributed by atoms with van der Waals surface area (Å²) in [5.41, 5.74) is 1.38. The second kappa shape index (κ2) is 8.97. The molecular weight excluding hydrogens is 498 g/mol. The van der Waals surface area contributed by atoms with Gasteiger partial charge in [-0.25, -0.2) is 8.42 Å². The molecule has 164 valence electrons. The summed E-state index contributed by atoms with van der Waals surface area (Å²) in [6, 6.07) is 12.0. The number of para-hydroxylation sites is 1. The van der Waals surface area contributed by atoms with Gasteiger partial charge in [-0.2, -0.15) is 9.30 Å². The molecule has 2 heterocycles. The van der Waals surface area contributed by atoms with Crippen molar-refractivity contribution in [2.45, 2.75) is 38.1 Å². The lowest BCUT2D eigenvalue weighted by atomic mass is 10.0. The second-order valence-corrected chi connectivity index (χ2v) is 11.5. The van der Waals surface area contributed by atoms with Crippen molar-refractivity contribution in [1.82, 2.24) is 8.87 Å². The fraction of sp³-hybridized carbons (Fsp3) is 0.364. The number of carbonyl (C=O) groups is 1. The Morgan fingerprint density at radius 1 is 1.16 bits per heavy atom. The summed E-state index contributed by atoms with van der Waals surface area (Å²) in [7, 11) is -3.54. The van der Waals surface area contributed by atoms with Crippen molar-refractivity contribution in [2.24, 2.45) is 10.9 Å². The van der Waals surface area contributed by atoms with Crippen LogP contribution in [-0.2, 0) is 16.6 Å². The Labute approximate surface area is 194 Å². The lowest BCUT2D eigenvalue weighted by Crippen LogP contribution is -2.37. The summed E-state index contributed by atoms with van der Waals surface area (Å²) in [6.07, 6.45) is 1.74. The van der Waals surface area contributed by atoms with Gasteiger partial charge < -0.3 is 4.57 Å². The van der Waals surface area contributed by atoms with Gasteiger partial charge in [0.2, 0.25) is 10.0 Å². The highest BCUT2D eigenvalue weighted by Gasteiger charge is 2.28. The Morgan fingerprint density at radius 2 is 1.84 bits per heavy atom. The number of thiazole rings is 1. The highest BCUT2D eigenvalue weighted by molar-refractivity contribution is 9.10. The van der Waals surface area contributed by atoms with Crippen LogP contribution in [0.15, 0.2) is 56.8 Å². The van der Waals surface area contributed by atoms with Gasteiger partial charge in [0, 0.05) is 29.7 Å². The van der Waals surface area contributed by atoms with Crippen LogP contribution in [0.3, 0.4) is 0 Å². The number of benzene rings is 2. The van der Waals surface area contributed by atoms with Crippen LogP contribution in [-0.4, -0.2) is 36.3 Å². The first-order valence-electron chi connectivity index (χ1n) is 10.3. The molecular formula is C22H24BrN3O3S2. The molecule has 0 unspecified atom stereocenters. The fourth-order valence-electron chi connectivity index (χ4n) is 3.76. The SMILES string of the molecule is CCn1c(=NC(=O)c2ccc(S(=O)(=O)N3CCC(C)CC3)cc2)sc2cccc(Br)c21. The lowest BCUT2D eigenvalue weighted by Gasteiger charge is -2.29. The number of aryl methyl sites for hydroxylation is 1. The Kier molecular flexibility index (Phi) is 6.48. The van der Waals surface area contributed by atoms with Crippen molar-refractivity contribution in [3.63, 3.8) is 0 Å². The molecule has 1 fully saturated rings. The maximum atomic E-state index is 12.9. The largest absolute Gasteiger partial charge is 0.316 e. The van der Waals surface area contributed by atoms with E-state index in [0.717, 1.165) is 27.5 Å². The predicted molar refractivity (Wildman–Crippen MR) is 127 cm³/mol. The van der Waals surface area contributed by atoms with E-state index in [1.54, 1.807) is 12.1 Å². The monoisotopic (exact) mass is 521 g/mol. The smallest absolute Gasteiger partial charge is 0.279 e. The van der Waals surface area contributed by atoms with Crippen LogP contribution in [0.1, 0.15) is 37.0 Å². The van der Waals surface area contributed by atoms with Crippen molar-refractivity contribution in [3.05, 3.63) is 57.3 Å². The molecule has 0 bridgehead atoms. The molecule has 0 radical (unpaired) electrons. The number of hydrogen-bond acceptors (Lipinski definition) is 4. The topological polar surface area (TPSA) is 71.7 Å². The van der Waals surface area contributed by atoms with Gasteiger partial charge in [-0.05, 0) is 78.0 Å². The number of rotatable bonds is 4. The molecule has 1 aliphatic rings. The standard InChI is InChI=1S/C22H24BrN3O3S2/c1-3-26-20-18(23)5-4-6-19(20)30-22(26)24-21(27)16-7-9-17(10-8-16)31(28,29)25-13-11-15(2)12-14-25/h4-10,15H,3,11-14H2,1-2H3. The van der Waals surface area contributed by atoms with Gasteiger partial charge in [-0.1, -0.05) is 24.3 Å². The third-order valence-electron chi connectivity index (χ3n) is 5.65. The molecule has 6 nitrogen and oxygen atoms in total. The minimum Gasteiger partial charge on any atom is -0.316 e. The molecule has 31 heavy (non-hydrogen) atoms. The number of aromatic nitrogens is 1. The molecule has 0 atom stereocenters. The molecule has 3 aromatic rings. The first-order chi connectivity index (χ1) is 14.8. The third-order valence-corrected chi connectivity index (χ3v) is 9.24. The van der Waals surface area contributed by atoms with E-state index in [9.17, 15) is 13.2 Å². The van der Waals surface area contributed by atoms with Gasteiger partial charge in [0.25, 0.3) is 5.91 Å². The van der Waals surface area contributed by atoms with Crippen LogP contribution in [0.2, 0.25) is 0 Å². The van der Waals surface area contributed by atoms with Crippen LogP contribution in [0.4, 0.5) is 0 Å². The minimum atomic E-state index is -3.54. The van der Waals surface area contributed by atoms with E-state index in [1.165, 1.54) is 27.8 Å². The van der Waals surface area contributed by atoms with Crippen molar-refractivity contribution in [3.8, 4) is 0 Å². The van der Waals surface area contributed by atoms with E-state index in [2.05, 4.69) is 27.8 Å². The summed E-state index contributed by atoms with van der Waals surface area (Å²) >= 11 is 5.03. The van der Waals surface area contributed by atoms with E-state index in [0.29, 0.717) is 35.9 Å². The predicted octanol–water partition coefficient (Wildman–Crippen LogP) is 4.65. The van der Waals surface area contributed by atoms with Crippen LogP contribution in [0.5, 0.6) is 0 Å². The van der Waals surface area contributed by atoms with E-state index in [1.807, 2.05) is 29.7 Å². The Hall–Kier alpha value is -1.81. The second-order valence-electron chi connectivity index (χ2n) is 7.74. The maximum absolute atomic E-state index is 12.9. The first-order valence-corrected chi connectivity index (χ1v) is 13.3. The molecule has 1 saturated heterocycles. The van der Waals surface area contributed by atoms with Gasteiger partial charge in [0.15, 0.2) is 4.80 Å². The van der Waals surface area contributed by atoms with Gasteiger partial charge in [0.05, 0.1) is 15.1 Å². The van der Waals surface area contributed by atoms with Crippen LogP contribution >= 0.6 is 27.3 Å². The summed E-state index contributed by atoms with van der Waals surface area (Å²) < 4.78 is 31.3. The number of sulfonamides is 1. The Balaban J connectivity index is 1.62. The number of amides is 1. The van der Waals surface area contributed by atoms with Crippen LogP contribution in [0, 0.1) is 5.92 Å². The summed E-state index contributed by atoms with van der Waals surface area (Å²) in [6.45, 7) is 5.91. The fourth-order valence-corrected chi connectivity index (χ4v) is 7.06. The van der Waals surface area contributed by atoms with Gasteiger partial charge >= 0.3 is 0 Å². The van der Waals surface area contributed by atoms with Gasteiger partial charge in [-0.15, -0.1) is 0 Å². The zero-order valence-electron chi connectivity index (χ0n) is 17.4. The van der Waals surface area contributed by atoms with Gasteiger partial charge in [0.1, 0.15) is 0 Å². The number of carbonyl (C=O) groups excluding carboxylic acids is 1. The van der Waals surface area contributed by atoms with E-state index in [4.69, 9.17) is 0 Å². The molecule has 0 saturated carbocycles. The molecule has 4 rings (SSSR count). The number of halogens is 1. The van der Waals surface area contributed by atoms with Crippen LogP contribution < -0.4 is 4.80 Å². The first kappa shape index (κ1) is 22.4. The number of hydrogen-bond donors (Lipinski definition) is 0. The summed E-state index contributed by atoms with van der Waals surface area (Å²) in [4.78, 5) is 18.0. The van der Waals surface area contributed by atoms with E-state index < -0.39 is 10.0 Å². The molecule has 1 amide bonds. The molecule has 9 heteroatoms. The third kappa shape index (κ3) is 4.41. The zero-order chi connectivity index (χ0) is 22.2. The molecule has 0 N–H and O–H groups in total. The summed E-state index contributed by atoms with van der Waals surface area (Å²) in [5, 5.41) is 0. The molecule has 1 aromatic heterocycles. The Bertz CT molecular complexity index is 1290. The lowest BCUT2D eigenvalue weighted by molar-refractivity contribution is 0.0997. The Morgan fingerprint density at radius 3 is 2.48 bits per heavy atom. The zero-order valence-corrected chi connectivity index (χ0v) is 20.6. The van der Waals surface area contributed by atoms with Crippen molar-refractivity contribution >= 4 is 53.4 Å². The number of fused-ring (bicyclic) bond motifs is 1. The molecule has 2 aromatic carbocycles.